The predicted octanol–water partition coefficient (Wildman–Crippen LogP) is 3.61. The maximum absolute atomic E-state index is 15.1. The van der Waals surface area contributed by atoms with Crippen LogP contribution in [-0.4, -0.2) is 72.4 Å². The molecule has 9 nitrogen and oxygen atoms in total. The summed E-state index contributed by atoms with van der Waals surface area (Å²) in [4.78, 5) is 32.6. The standard InChI is InChI=1S/C24H30FN5O4/c1-17-5-6-19(15-26-17)27-23(31)28-21-4-2-3-18(22(21)25)16-29-9-11-30(12-10-29)24(32)34-20-7-13-33-14-8-20/h2-6,15,20H,7-14,16H2,1H3,(H2,27,28,31). The molecule has 0 unspecified atom stereocenters. The second-order valence-electron chi connectivity index (χ2n) is 8.50. The Morgan fingerprint density at radius 3 is 2.59 bits per heavy atom. The summed E-state index contributed by atoms with van der Waals surface area (Å²) >= 11 is 0. The number of halogens is 1. The molecule has 10 heteroatoms. The minimum atomic E-state index is -0.543. The van der Waals surface area contributed by atoms with E-state index >= 15 is 4.39 Å². The summed E-state index contributed by atoms with van der Waals surface area (Å²) in [5.41, 5.74) is 1.94. The summed E-state index contributed by atoms with van der Waals surface area (Å²) in [5, 5.41) is 5.21. The average molecular weight is 472 g/mol. The van der Waals surface area contributed by atoms with Gasteiger partial charge in [0.2, 0.25) is 0 Å². The van der Waals surface area contributed by atoms with Crippen LogP contribution in [0.4, 0.5) is 25.4 Å². The molecular formula is C24H30FN5O4. The number of carbonyl (C=O) groups is 2. The molecule has 2 N–H and O–H groups in total. The first-order chi connectivity index (χ1) is 16.5. The lowest BCUT2D eigenvalue weighted by atomic mass is 10.1. The highest BCUT2D eigenvalue weighted by molar-refractivity contribution is 5.99. The van der Waals surface area contributed by atoms with Crippen LogP contribution in [-0.2, 0) is 16.0 Å². The SMILES string of the molecule is Cc1ccc(NC(=O)Nc2cccc(CN3CCN(C(=O)OC4CCOCC4)CC3)c2F)cn1. The van der Waals surface area contributed by atoms with Crippen molar-refractivity contribution < 1.29 is 23.5 Å². The zero-order chi connectivity index (χ0) is 23.9. The molecule has 0 aliphatic carbocycles. The second-order valence-corrected chi connectivity index (χ2v) is 8.50. The third kappa shape index (κ3) is 6.42. The minimum absolute atomic E-state index is 0.0805. The van der Waals surface area contributed by atoms with Gasteiger partial charge in [0.1, 0.15) is 6.10 Å². The predicted molar refractivity (Wildman–Crippen MR) is 125 cm³/mol. The number of hydrogen-bond acceptors (Lipinski definition) is 6. The zero-order valence-corrected chi connectivity index (χ0v) is 19.3. The van der Waals surface area contributed by atoms with Crippen LogP contribution >= 0.6 is 0 Å². The highest BCUT2D eigenvalue weighted by atomic mass is 19.1. The molecule has 0 saturated carbocycles. The number of nitrogens with zero attached hydrogens (tertiary/aromatic N) is 3. The molecule has 1 aromatic carbocycles. The van der Waals surface area contributed by atoms with Gasteiger partial charge in [0.25, 0.3) is 0 Å². The Morgan fingerprint density at radius 2 is 1.88 bits per heavy atom. The first kappa shape index (κ1) is 23.9. The van der Waals surface area contributed by atoms with Crippen molar-refractivity contribution in [1.82, 2.24) is 14.8 Å². The van der Waals surface area contributed by atoms with Crippen LogP contribution in [0.5, 0.6) is 0 Å². The Kier molecular flexibility index (Phi) is 7.91. The first-order valence-corrected chi connectivity index (χ1v) is 11.5. The van der Waals surface area contributed by atoms with E-state index in [1.54, 1.807) is 35.4 Å². The van der Waals surface area contributed by atoms with Gasteiger partial charge < -0.3 is 25.0 Å². The average Bonchev–Trinajstić information content (AvgIpc) is 2.84. The van der Waals surface area contributed by atoms with Crippen LogP contribution in [0.2, 0.25) is 0 Å². The number of hydrogen-bond donors (Lipinski definition) is 2. The molecule has 0 bridgehead atoms. The van der Waals surface area contributed by atoms with Gasteiger partial charge in [-0.1, -0.05) is 12.1 Å². The molecule has 2 saturated heterocycles. The van der Waals surface area contributed by atoms with Gasteiger partial charge in [-0.05, 0) is 25.1 Å². The third-order valence-corrected chi connectivity index (χ3v) is 5.96. The van der Waals surface area contributed by atoms with Crippen molar-refractivity contribution in [2.45, 2.75) is 32.4 Å². The number of nitrogens with one attached hydrogen (secondary N) is 2. The molecular weight excluding hydrogens is 441 g/mol. The maximum atomic E-state index is 15.1. The Bertz CT molecular complexity index is 989. The molecule has 2 aliphatic heterocycles. The number of benzene rings is 1. The van der Waals surface area contributed by atoms with Gasteiger partial charge >= 0.3 is 12.1 Å². The molecule has 3 amide bonds. The third-order valence-electron chi connectivity index (χ3n) is 5.96. The highest BCUT2D eigenvalue weighted by Crippen LogP contribution is 2.21. The van der Waals surface area contributed by atoms with E-state index in [0.29, 0.717) is 57.2 Å². The van der Waals surface area contributed by atoms with Crippen molar-refractivity contribution >= 4 is 23.5 Å². The van der Waals surface area contributed by atoms with E-state index < -0.39 is 11.8 Å². The van der Waals surface area contributed by atoms with Gasteiger partial charge in [-0.15, -0.1) is 0 Å². The number of amides is 3. The molecule has 4 rings (SSSR count). The lowest BCUT2D eigenvalue weighted by Gasteiger charge is -2.35. The van der Waals surface area contributed by atoms with E-state index in [1.807, 2.05) is 6.92 Å². The second kappa shape index (κ2) is 11.3. The fourth-order valence-corrected chi connectivity index (χ4v) is 3.97. The fraction of sp³-hybridized carbons (Fsp3) is 0.458. The van der Waals surface area contributed by atoms with Crippen molar-refractivity contribution in [1.29, 1.82) is 0 Å². The van der Waals surface area contributed by atoms with E-state index in [2.05, 4.69) is 20.5 Å². The topological polar surface area (TPSA) is 96.0 Å². The van der Waals surface area contributed by atoms with Crippen molar-refractivity contribution in [3.05, 3.63) is 53.6 Å². The molecule has 2 aliphatic rings. The van der Waals surface area contributed by atoms with Crippen LogP contribution in [0.3, 0.4) is 0 Å². The highest BCUT2D eigenvalue weighted by Gasteiger charge is 2.26. The van der Waals surface area contributed by atoms with Gasteiger partial charge in [0.05, 0.1) is 30.8 Å². The Hall–Kier alpha value is -3.24. The van der Waals surface area contributed by atoms with Gasteiger partial charge in [0, 0.05) is 56.8 Å². The van der Waals surface area contributed by atoms with Gasteiger partial charge in [-0.2, -0.15) is 0 Å². The normalized spacial score (nSPS) is 17.3. The molecule has 182 valence electrons. The molecule has 0 spiro atoms. The summed E-state index contributed by atoms with van der Waals surface area (Å²) in [7, 11) is 0. The van der Waals surface area contributed by atoms with Gasteiger partial charge in [-0.25, -0.2) is 14.0 Å². The Labute approximate surface area is 198 Å². The number of piperazine rings is 1. The van der Waals surface area contributed by atoms with Gasteiger partial charge in [0.15, 0.2) is 5.82 Å². The number of carbonyl (C=O) groups excluding carboxylic acids is 2. The molecule has 3 heterocycles. The van der Waals surface area contributed by atoms with Crippen molar-refractivity contribution in [3.63, 3.8) is 0 Å². The maximum Gasteiger partial charge on any atom is 0.410 e. The van der Waals surface area contributed by atoms with Crippen molar-refractivity contribution in [2.24, 2.45) is 0 Å². The minimum Gasteiger partial charge on any atom is -0.446 e. The number of urea groups is 1. The van der Waals surface area contributed by atoms with Crippen LogP contribution in [0, 0.1) is 12.7 Å². The largest absolute Gasteiger partial charge is 0.446 e. The molecule has 0 atom stereocenters. The molecule has 1 aromatic heterocycles. The van der Waals surface area contributed by atoms with Crippen molar-refractivity contribution in [3.8, 4) is 0 Å². The van der Waals surface area contributed by atoms with Crippen LogP contribution in [0.25, 0.3) is 0 Å². The summed E-state index contributed by atoms with van der Waals surface area (Å²) in [6, 6.07) is 7.90. The first-order valence-electron chi connectivity index (χ1n) is 11.5. The molecule has 0 radical (unpaired) electrons. The molecule has 34 heavy (non-hydrogen) atoms. The number of pyridine rings is 1. The number of ether oxygens (including phenoxy) is 2. The number of aryl methyl sites for hydroxylation is 1. The van der Waals surface area contributed by atoms with Crippen LogP contribution in [0.15, 0.2) is 36.5 Å². The Balaban J connectivity index is 1.27. The van der Waals surface area contributed by atoms with Gasteiger partial charge in [-0.3, -0.25) is 9.88 Å². The van der Waals surface area contributed by atoms with E-state index in [0.717, 1.165) is 18.5 Å². The van der Waals surface area contributed by atoms with E-state index in [4.69, 9.17) is 9.47 Å². The van der Waals surface area contributed by atoms with Crippen molar-refractivity contribution in [2.75, 3.05) is 50.0 Å². The fourth-order valence-electron chi connectivity index (χ4n) is 3.97. The van der Waals surface area contributed by atoms with E-state index in [9.17, 15) is 9.59 Å². The number of rotatable bonds is 5. The smallest absolute Gasteiger partial charge is 0.410 e. The quantitative estimate of drug-likeness (QED) is 0.692. The monoisotopic (exact) mass is 471 g/mol. The summed E-state index contributed by atoms with van der Waals surface area (Å²) < 4.78 is 25.9. The van der Waals surface area contributed by atoms with Crippen LogP contribution < -0.4 is 10.6 Å². The van der Waals surface area contributed by atoms with Crippen LogP contribution in [0.1, 0.15) is 24.1 Å². The number of anilines is 2. The summed E-state index contributed by atoms with van der Waals surface area (Å²) in [5.74, 6) is -0.471. The zero-order valence-electron chi connectivity index (χ0n) is 19.3. The molecule has 2 fully saturated rings. The van der Waals surface area contributed by atoms with E-state index in [-0.39, 0.29) is 17.9 Å². The number of aromatic nitrogens is 1. The summed E-state index contributed by atoms with van der Waals surface area (Å²) in [6.07, 6.45) is 2.63. The summed E-state index contributed by atoms with van der Waals surface area (Å²) in [6.45, 7) is 5.74. The van der Waals surface area contributed by atoms with E-state index in [1.165, 1.54) is 6.07 Å². The lowest BCUT2D eigenvalue weighted by Crippen LogP contribution is -2.49. The molecule has 2 aromatic rings. The lowest BCUT2D eigenvalue weighted by molar-refractivity contribution is -0.0147. The Morgan fingerprint density at radius 1 is 1.12 bits per heavy atom.